The summed E-state index contributed by atoms with van der Waals surface area (Å²) < 4.78 is 2.58. The van der Waals surface area contributed by atoms with Crippen molar-refractivity contribution in [2.24, 2.45) is 0 Å². The molecule has 2 heterocycles. The highest BCUT2D eigenvalue weighted by Gasteiger charge is 2.64. The summed E-state index contributed by atoms with van der Waals surface area (Å²) in [4.78, 5) is 0. The smallest absolute Gasteiger partial charge is 0.187 e. The third-order valence-corrected chi connectivity index (χ3v) is 7.17. The molecule has 1 heteroatoms. The van der Waals surface area contributed by atoms with Crippen LogP contribution in [-0.4, -0.2) is 0 Å². The van der Waals surface area contributed by atoms with E-state index in [0.717, 1.165) is 12.8 Å². The first-order valence-corrected chi connectivity index (χ1v) is 9.84. The second kappa shape index (κ2) is 5.07. The van der Waals surface area contributed by atoms with E-state index in [2.05, 4.69) is 93.1 Å². The molecule has 26 heavy (non-hydrogen) atoms. The van der Waals surface area contributed by atoms with Crippen LogP contribution < -0.4 is 4.57 Å². The molecule has 1 nitrogen and oxygen atoms in total. The third kappa shape index (κ3) is 1.60. The molecule has 0 fully saturated rings. The molecular weight excluding hydrogens is 314 g/mol. The molecule has 3 aromatic rings. The van der Waals surface area contributed by atoms with E-state index in [9.17, 15) is 0 Å². The fraction of sp³-hybridized carbons (Fsp3) is 0.320. The molecule has 1 aromatic heterocycles. The van der Waals surface area contributed by atoms with Gasteiger partial charge in [0.2, 0.25) is 5.69 Å². The van der Waals surface area contributed by atoms with E-state index in [0.29, 0.717) is 0 Å². The Hall–Kier alpha value is -2.41. The molecule has 0 spiro atoms. The van der Waals surface area contributed by atoms with E-state index >= 15 is 0 Å². The molecule has 0 saturated heterocycles. The van der Waals surface area contributed by atoms with Gasteiger partial charge in [0.05, 0.1) is 16.4 Å². The molecule has 1 aliphatic heterocycles. The van der Waals surface area contributed by atoms with Crippen LogP contribution in [0.15, 0.2) is 60.8 Å². The van der Waals surface area contributed by atoms with Gasteiger partial charge in [0.15, 0.2) is 11.7 Å². The first-order valence-electron chi connectivity index (χ1n) is 9.84. The highest BCUT2D eigenvalue weighted by Crippen LogP contribution is 2.57. The van der Waals surface area contributed by atoms with Gasteiger partial charge in [-0.15, -0.1) is 0 Å². The van der Waals surface area contributed by atoms with Crippen molar-refractivity contribution in [2.45, 2.75) is 51.5 Å². The number of aromatic nitrogens is 1. The Labute approximate surface area is 156 Å². The Bertz CT molecular complexity index is 1090. The monoisotopic (exact) mass is 340 g/mol. The molecule has 0 radical (unpaired) electrons. The highest BCUT2D eigenvalue weighted by atomic mass is 15.1. The average Bonchev–Trinajstić information content (AvgIpc) is 2.64. The van der Waals surface area contributed by atoms with Crippen LogP contribution in [0.4, 0.5) is 0 Å². The zero-order chi connectivity index (χ0) is 18.1. The lowest BCUT2D eigenvalue weighted by atomic mass is 9.52. The summed E-state index contributed by atoms with van der Waals surface area (Å²) in [7, 11) is 0. The van der Waals surface area contributed by atoms with Crippen LogP contribution in [0.2, 0.25) is 0 Å². The Morgan fingerprint density at radius 3 is 2.35 bits per heavy atom. The Morgan fingerprint density at radius 2 is 1.65 bits per heavy atom. The number of pyridine rings is 1. The number of hydrogen-bond acceptors (Lipinski definition) is 0. The Morgan fingerprint density at radius 1 is 0.885 bits per heavy atom. The van der Waals surface area contributed by atoms with Crippen LogP contribution in [0.5, 0.6) is 0 Å². The molecule has 2 aliphatic rings. The van der Waals surface area contributed by atoms with Crippen molar-refractivity contribution in [1.29, 1.82) is 0 Å². The van der Waals surface area contributed by atoms with Crippen molar-refractivity contribution in [3.05, 3.63) is 77.5 Å². The second-order valence-electron chi connectivity index (χ2n) is 8.04. The van der Waals surface area contributed by atoms with Crippen LogP contribution >= 0.6 is 0 Å². The lowest BCUT2D eigenvalue weighted by Crippen LogP contribution is -2.72. The number of hydrogen-bond donors (Lipinski definition) is 0. The van der Waals surface area contributed by atoms with Gasteiger partial charge in [-0.3, -0.25) is 0 Å². The van der Waals surface area contributed by atoms with E-state index in [1.807, 2.05) is 0 Å². The van der Waals surface area contributed by atoms with Crippen molar-refractivity contribution >= 4 is 10.8 Å². The van der Waals surface area contributed by atoms with Gasteiger partial charge in [-0.1, -0.05) is 44.2 Å². The van der Waals surface area contributed by atoms with Crippen molar-refractivity contribution in [1.82, 2.24) is 0 Å². The molecule has 0 N–H and O–H groups in total. The van der Waals surface area contributed by atoms with Gasteiger partial charge < -0.3 is 0 Å². The molecule has 2 unspecified atom stereocenters. The minimum Gasteiger partial charge on any atom is -0.187 e. The zero-order valence-electron chi connectivity index (χ0n) is 16.1. The summed E-state index contributed by atoms with van der Waals surface area (Å²) in [6.45, 7) is 9.17. The summed E-state index contributed by atoms with van der Waals surface area (Å²) in [5.74, 6) is 0. The fourth-order valence-electron chi connectivity index (χ4n) is 5.52. The Balaban J connectivity index is 2.01. The fourth-order valence-corrected chi connectivity index (χ4v) is 5.52. The number of nitrogens with zero attached hydrogens (tertiary/aromatic N) is 1. The molecular formula is C25H26N+. The number of allylic oxidation sites excluding steroid dienone is 2. The predicted molar refractivity (Wildman–Crippen MR) is 108 cm³/mol. The normalized spacial score (nSPS) is 25.4. The first kappa shape index (κ1) is 15.8. The highest BCUT2D eigenvalue weighted by molar-refractivity contribution is 5.94. The predicted octanol–water partition coefficient (Wildman–Crippen LogP) is 5.75. The van der Waals surface area contributed by atoms with Gasteiger partial charge in [0, 0.05) is 12.5 Å². The van der Waals surface area contributed by atoms with Gasteiger partial charge in [-0.05, 0) is 60.6 Å². The van der Waals surface area contributed by atoms with E-state index in [-0.39, 0.29) is 11.0 Å². The van der Waals surface area contributed by atoms with E-state index < -0.39 is 0 Å². The largest absolute Gasteiger partial charge is 0.221 e. The van der Waals surface area contributed by atoms with Gasteiger partial charge in [0.25, 0.3) is 0 Å². The zero-order valence-corrected chi connectivity index (χ0v) is 16.1. The molecule has 0 saturated carbocycles. The molecule has 2 aromatic carbocycles. The summed E-state index contributed by atoms with van der Waals surface area (Å²) in [5.41, 5.74) is 7.25. The van der Waals surface area contributed by atoms with Crippen molar-refractivity contribution in [3.8, 4) is 11.3 Å². The van der Waals surface area contributed by atoms with Crippen LogP contribution in [-0.2, 0) is 11.0 Å². The SMILES string of the molecule is CCC12C=CC1(CC)[n+]1ccc3ccccc3c1-c1cc(C)c(C)cc12. The summed E-state index contributed by atoms with van der Waals surface area (Å²) >= 11 is 0. The number of fused-ring (bicyclic) bond motifs is 8. The quantitative estimate of drug-likeness (QED) is 0.413. The average molecular weight is 340 g/mol. The topological polar surface area (TPSA) is 3.88 Å². The molecule has 130 valence electrons. The van der Waals surface area contributed by atoms with Gasteiger partial charge in [-0.25, -0.2) is 0 Å². The molecule has 0 bridgehead atoms. The first-order chi connectivity index (χ1) is 12.6. The van der Waals surface area contributed by atoms with Gasteiger partial charge in [-0.2, -0.15) is 4.57 Å². The molecule has 1 aliphatic carbocycles. The number of aryl methyl sites for hydroxylation is 2. The summed E-state index contributed by atoms with van der Waals surface area (Å²) in [5, 5.41) is 2.68. The summed E-state index contributed by atoms with van der Waals surface area (Å²) in [6.07, 6.45) is 9.49. The molecule has 0 amide bonds. The number of benzene rings is 2. The van der Waals surface area contributed by atoms with Gasteiger partial charge in [0.1, 0.15) is 0 Å². The number of rotatable bonds is 2. The van der Waals surface area contributed by atoms with Crippen LogP contribution in [0, 0.1) is 13.8 Å². The lowest BCUT2D eigenvalue weighted by Gasteiger charge is -2.52. The van der Waals surface area contributed by atoms with E-state index in [4.69, 9.17) is 0 Å². The maximum atomic E-state index is 2.58. The van der Waals surface area contributed by atoms with E-state index in [1.54, 1.807) is 0 Å². The van der Waals surface area contributed by atoms with Gasteiger partial charge >= 0.3 is 0 Å². The lowest BCUT2D eigenvalue weighted by molar-refractivity contribution is -0.758. The molecule has 2 atom stereocenters. The third-order valence-electron chi connectivity index (χ3n) is 7.17. The second-order valence-corrected chi connectivity index (χ2v) is 8.04. The van der Waals surface area contributed by atoms with Crippen LogP contribution in [0.1, 0.15) is 43.4 Å². The maximum Gasteiger partial charge on any atom is 0.221 e. The maximum absolute atomic E-state index is 2.58. The van der Waals surface area contributed by atoms with Crippen LogP contribution in [0.3, 0.4) is 0 Å². The minimum absolute atomic E-state index is 0.0514. The van der Waals surface area contributed by atoms with E-state index in [1.165, 1.54) is 38.7 Å². The summed E-state index contributed by atoms with van der Waals surface area (Å²) in [6, 6.07) is 16.0. The van der Waals surface area contributed by atoms with Crippen molar-refractivity contribution in [2.75, 3.05) is 0 Å². The van der Waals surface area contributed by atoms with Crippen molar-refractivity contribution in [3.63, 3.8) is 0 Å². The standard InChI is InChI=1S/C25H26N/c1-5-24-12-13-25(24,6-2)26-14-11-19-9-7-8-10-20(19)23(26)21-15-17(3)18(4)16-22(21)24/h7-16H,5-6H2,1-4H3/q+1. The van der Waals surface area contributed by atoms with Crippen LogP contribution in [0.25, 0.3) is 22.0 Å². The Kier molecular flexibility index (Phi) is 3.08. The minimum atomic E-state index is 0.0514. The molecule has 5 rings (SSSR count). The van der Waals surface area contributed by atoms with Crippen molar-refractivity contribution < 1.29 is 4.57 Å².